The molecule has 1 aromatic heterocycles. The summed E-state index contributed by atoms with van der Waals surface area (Å²) in [5.74, 6) is -0.258. The molecule has 1 atom stereocenters. The van der Waals surface area contributed by atoms with Crippen LogP contribution in [0.4, 0.5) is 5.69 Å². The van der Waals surface area contributed by atoms with Gasteiger partial charge < -0.3 is 5.32 Å². The molecule has 1 fully saturated rings. The Morgan fingerprint density at radius 1 is 1.14 bits per heavy atom. The van der Waals surface area contributed by atoms with E-state index in [9.17, 15) is 9.59 Å². The summed E-state index contributed by atoms with van der Waals surface area (Å²) in [6, 6.07) is 12.7. The van der Waals surface area contributed by atoms with Crippen molar-refractivity contribution in [2.45, 2.75) is 12.5 Å². The van der Waals surface area contributed by atoms with E-state index in [2.05, 4.69) is 10.3 Å². The number of nitrogens with zero attached hydrogens (tertiary/aromatic N) is 2. The number of rotatable bonds is 3. The molecule has 1 N–H and O–H groups in total. The molecule has 2 heterocycles. The first-order valence-electron chi connectivity index (χ1n) is 6.79. The van der Waals surface area contributed by atoms with Gasteiger partial charge in [0.15, 0.2) is 0 Å². The number of aromatic nitrogens is 1. The first-order chi connectivity index (χ1) is 10.2. The third kappa shape index (κ3) is 2.91. The molecule has 0 spiro atoms. The van der Waals surface area contributed by atoms with E-state index in [0.717, 1.165) is 5.56 Å². The van der Waals surface area contributed by atoms with E-state index in [1.807, 2.05) is 30.3 Å². The van der Waals surface area contributed by atoms with E-state index in [1.54, 1.807) is 24.5 Å². The first-order valence-corrected chi connectivity index (χ1v) is 6.79. The Morgan fingerprint density at radius 3 is 2.67 bits per heavy atom. The monoisotopic (exact) mass is 281 g/mol. The number of pyridine rings is 1. The predicted octanol–water partition coefficient (Wildman–Crippen LogP) is 1.16. The normalized spacial score (nSPS) is 18.5. The number of nitrogens with one attached hydrogen (secondary N) is 1. The van der Waals surface area contributed by atoms with Crippen molar-refractivity contribution in [2.75, 3.05) is 11.4 Å². The maximum atomic E-state index is 12.6. The van der Waals surface area contributed by atoms with Gasteiger partial charge in [-0.3, -0.25) is 19.5 Å². The number of piperazine rings is 1. The Morgan fingerprint density at radius 2 is 1.95 bits per heavy atom. The van der Waals surface area contributed by atoms with Gasteiger partial charge in [-0.2, -0.15) is 0 Å². The lowest BCUT2D eigenvalue weighted by atomic mass is 10.0. The Hall–Kier alpha value is -2.69. The Kier molecular flexibility index (Phi) is 3.64. The molecule has 0 aliphatic carbocycles. The lowest BCUT2D eigenvalue weighted by Crippen LogP contribution is -2.59. The summed E-state index contributed by atoms with van der Waals surface area (Å²) in [5, 5.41) is 2.76. The third-order valence-electron chi connectivity index (χ3n) is 3.44. The largest absolute Gasteiger partial charge is 0.342 e. The molecule has 1 aliphatic heterocycles. The van der Waals surface area contributed by atoms with E-state index < -0.39 is 6.04 Å². The van der Waals surface area contributed by atoms with Crippen molar-refractivity contribution in [3.63, 3.8) is 0 Å². The molecule has 1 aromatic carbocycles. The van der Waals surface area contributed by atoms with Gasteiger partial charge in [0.05, 0.1) is 11.9 Å². The van der Waals surface area contributed by atoms with Gasteiger partial charge in [-0.1, -0.05) is 30.3 Å². The highest BCUT2D eigenvalue weighted by Crippen LogP contribution is 2.17. The summed E-state index contributed by atoms with van der Waals surface area (Å²) in [6.07, 6.45) is 3.72. The van der Waals surface area contributed by atoms with Gasteiger partial charge in [-0.05, 0) is 17.7 Å². The van der Waals surface area contributed by atoms with Gasteiger partial charge in [0.2, 0.25) is 11.8 Å². The number of carbonyl (C=O) groups excluding carboxylic acids is 2. The molecule has 106 valence electrons. The van der Waals surface area contributed by atoms with Gasteiger partial charge in [0.25, 0.3) is 0 Å². The summed E-state index contributed by atoms with van der Waals surface area (Å²) in [6.45, 7) is 0.0375. The maximum Gasteiger partial charge on any atom is 0.250 e. The summed E-state index contributed by atoms with van der Waals surface area (Å²) in [5.41, 5.74) is 1.67. The molecular weight excluding hydrogens is 266 g/mol. The number of carbonyl (C=O) groups is 2. The van der Waals surface area contributed by atoms with Crippen molar-refractivity contribution in [1.82, 2.24) is 10.3 Å². The van der Waals surface area contributed by atoms with Crippen LogP contribution in [0, 0.1) is 0 Å². The minimum Gasteiger partial charge on any atom is -0.342 e. The molecule has 0 saturated carbocycles. The van der Waals surface area contributed by atoms with Crippen LogP contribution in [0.1, 0.15) is 5.56 Å². The number of amides is 2. The second-order valence-electron chi connectivity index (χ2n) is 4.95. The van der Waals surface area contributed by atoms with Crippen LogP contribution < -0.4 is 10.2 Å². The van der Waals surface area contributed by atoms with Crippen LogP contribution in [-0.4, -0.2) is 29.4 Å². The molecule has 3 rings (SSSR count). The van der Waals surface area contributed by atoms with Crippen molar-refractivity contribution in [1.29, 1.82) is 0 Å². The Bertz CT molecular complexity index is 643. The van der Waals surface area contributed by atoms with Crippen LogP contribution in [0.5, 0.6) is 0 Å². The number of hydrogen-bond donors (Lipinski definition) is 1. The third-order valence-corrected chi connectivity index (χ3v) is 3.44. The van der Waals surface area contributed by atoms with Gasteiger partial charge in [0, 0.05) is 12.6 Å². The maximum absolute atomic E-state index is 12.6. The molecule has 1 aliphatic rings. The first kappa shape index (κ1) is 13.3. The van der Waals surface area contributed by atoms with Crippen molar-refractivity contribution < 1.29 is 9.59 Å². The smallest absolute Gasteiger partial charge is 0.250 e. The Balaban J connectivity index is 1.82. The lowest BCUT2D eigenvalue weighted by Gasteiger charge is -2.32. The average Bonchev–Trinajstić information content (AvgIpc) is 2.52. The molecular formula is C16H15N3O2. The van der Waals surface area contributed by atoms with Crippen LogP contribution in [0.2, 0.25) is 0 Å². The zero-order valence-corrected chi connectivity index (χ0v) is 11.4. The molecule has 2 aromatic rings. The highest BCUT2D eigenvalue weighted by atomic mass is 16.2. The molecule has 0 bridgehead atoms. The molecule has 1 saturated heterocycles. The molecule has 5 heteroatoms. The zero-order chi connectivity index (χ0) is 14.7. The van der Waals surface area contributed by atoms with E-state index >= 15 is 0 Å². The standard InChI is InChI=1S/C16H15N3O2/c20-15-11-19(13-7-4-8-17-10-13)16(21)14(18-15)9-12-5-2-1-3-6-12/h1-8,10,14H,9,11H2,(H,18,20). The highest BCUT2D eigenvalue weighted by molar-refractivity contribution is 6.06. The van der Waals surface area contributed by atoms with Crippen LogP contribution in [0.3, 0.4) is 0 Å². The van der Waals surface area contributed by atoms with Crippen molar-refractivity contribution >= 4 is 17.5 Å². The second kappa shape index (κ2) is 5.75. The van der Waals surface area contributed by atoms with E-state index in [4.69, 9.17) is 0 Å². The molecule has 21 heavy (non-hydrogen) atoms. The second-order valence-corrected chi connectivity index (χ2v) is 4.95. The fourth-order valence-corrected chi connectivity index (χ4v) is 2.43. The highest BCUT2D eigenvalue weighted by Gasteiger charge is 2.33. The summed E-state index contributed by atoms with van der Waals surface area (Å²) in [7, 11) is 0. The number of anilines is 1. The summed E-state index contributed by atoms with van der Waals surface area (Å²) >= 11 is 0. The topological polar surface area (TPSA) is 62.3 Å². The minimum absolute atomic E-state index is 0.0375. The van der Waals surface area contributed by atoms with Gasteiger partial charge in [-0.15, -0.1) is 0 Å². The fourth-order valence-electron chi connectivity index (χ4n) is 2.43. The van der Waals surface area contributed by atoms with Crippen LogP contribution >= 0.6 is 0 Å². The predicted molar refractivity (Wildman–Crippen MR) is 78.7 cm³/mol. The van der Waals surface area contributed by atoms with Crippen molar-refractivity contribution in [3.8, 4) is 0 Å². The summed E-state index contributed by atoms with van der Waals surface area (Å²) in [4.78, 5) is 29.9. The quantitative estimate of drug-likeness (QED) is 0.918. The average molecular weight is 281 g/mol. The lowest BCUT2D eigenvalue weighted by molar-refractivity contribution is -0.131. The number of hydrogen-bond acceptors (Lipinski definition) is 3. The summed E-state index contributed by atoms with van der Waals surface area (Å²) < 4.78 is 0. The van der Waals surface area contributed by atoms with Gasteiger partial charge in [-0.25, -0.2) is 0 Å². The number of benzene rings is 1. The van der Waals surface area contributed by atoms with Crippen molar-refractivity contribution in [3.05, 3.63) is 60.4 Å². The minimum atomic E-state index is -0.533. The Labute approximate surface area is 122 Å². The molecule has 1 unspecified atom stereocenters. The van der Waals surface area contributed by atoms with Gasteiger partial charge in [0.1, 0.15) is 12.6 Å². The molecule has 0 radical (unpaired) electrons. The van der Waals surface area contributed by atoms with E-state index in [-0.39, 0.29) is 18.4 Å². The van der Waals surface area contributed by atoms with Crippen LogP contribution in [0.25, 0.3) is 0 Å². The molecule has 2 amide bonds. The van der Waals surface area contributed by atoms with Crippen molar-refractivity contribution in [2.24, 2.45) is 0 Å². The zero-order valence-electron chi connectivity index (χ0n) is 11.4. The SMILES string of the molecule is O=C1CN(c2cccnc2)C(=O)C(Cc2ccccc2)N1. The molecule has 5 nitrogen and oxygen atoms in total. The van der Waals surface area contributed by atoms with Crippen LogP contribution in [0.15, 0.2) is 54.9 Å². The van der Waals surface area contributed by atoms with E-state index in [0.29, 0.717) is 12.1 Å². The van der Waals surface area contributed by atoms with Gasteiger partial charge >= 0.3 is 0 Å². The van der Waals surface area contributed by atoms with E-state index in [1.165, 1.54) is 4.90 Å². The van der Waals surface area contributed by atoms with Crippen LogP contribution in [-0.2, 0) is 16.0 Å². The fraction of sp³-hybridized carbons (Fsp3) is 0.188.